The first-order valence-electron chi connectivity index (χ1n) is 8.93. The predicted molar refractivity (Wildman–Crippen MR) is 92.9 cm³/mol. The fraction of sp³-hybridized carbons (Fsp3) is 0.526. The molecule has 1 aromatic rings. The molecule has 1 N–H and O–H groups in total. The highest BCUT2D eigenvalue weighted by Gasteiger charge is 2.54. The minimum absolute atomic E-state index is 0.00370. The van der Waals surface area contributed by atoms with Crippen LogP contribution in [0.5, 0.6) is 0 Å². The van der Waals surface area contributed by atoms with Crippen molar-refractivity contribution in [3.63, 3.8) is 0 Å². The largest absolute Gasteiger partial charge is 0.333 e. The maximum atomic E-state index is 14.5. The van der Waals surface area contributed by atoms with Gasteiger partial charge in [-0.25, -0.2) is 18.6 Å². The van der Waals surface area contributed by atoms with Gasteiger partial charge in [-0.1, -0.05) is 26.0 Å². The van der Waals surface area contributed by atoms with Crippen molar-refractivity contribution < 1.29 is 22.4 Å². The van der Waals surface area contributed by atoms with Gasteiger partial charge in [0.15, 0.2) is 5.54 Å². The lowest BCUT2D eigenvalue weighted by molar-refractivity contribution is -0.145. The van der Waals surface area contributed by atoms with E-state index in [1.165, 1.54) is 18.0 Å². The summed E-state index contributed by atoms with van der Waals surface area (Å²) < 4.78 is 56.0. The second-order valence-corrected chi connectivity index (χ2v) is 7.43. The normalized spacial score (nSPS) is 22.6. The van der Waals surface area contributed by atoms with Gasteiger partial charge in [0.25, 0.3) is 12.3 Å². The van der Waals surface area contributed by atoms with Gasteiger partial charge in [-0.05, 0) is 30.4 Å². The summed E-state index contributed by atoms with van der Waals surface area (Å²) in [6.45, 7) is 3.67. The summed E-state index contributed by atoms with van der Waals surface area (Å²) in [6, 6.07) is 4.39. The average Bonchev–Trinajstić information content (AvgIpc) is 3.38. The van der Waals surface area contributed by atoms with Crippen molar-refractivity contribution in [3.05, 3.63) is 47.2 Å². The number of hydrogen-bond acceptors (Lipinski definition) is 3. The SMILES string of the molecule is CC(C)c1cccc(F)c1CN(C(=O)C1(C(F)F)C=C(F)N(C)N1)C1CC1. The van der Waals surface area contributed by atoms with Crippen molar-refractivity contribution in [2.24, 2.45) is 0 Å². The smallest absolute Gasteiger partial charge is 0.270 e. The quantitative estimate of drug-likeness (QED) is 0.599. The van der Waals surface area contributed by atoms with Crippen LogP contribution in [0.1, 0.15) is 43.7 Å². The molecular weight excluding hydrogens is 362 g/mol. The Morgan fingerprint density at radius 3 is 2.48 bits per heavy atom. The number of rotatable bonds is 6. The molecule has 0 aromatic heterocycles. The van der Waals surface area contributed by atoms with Crippen LogP contribution >= 0.6 is 0 Å². The van der Waals surface area contributed by atoms with Crippen LogP contribution in [0, 0.1) is 5.82 Å². The second kappa shape index (κ2) is 7.14. The van der Waals surface area contributed by atoms with E-state index in [-0.39, 0.29) is 18.5 Å². The van der Waals surface area contributed by atoms with E-state index in [9.17, 15) is 22.4 Å². The summed E-state index contributed by atoms with van der Waals surface area (Å²) in [5.41, 5.74) is 0.800. The van der Waals surface area contributed by atoms with E-state index >= 15 is 0 Å². The molecule has 4 nitrogen and oxygen atoms in total. The van der Waals surface area contributed by atoms with Crippen LogP contribution in [0.4, 0.5) is 17.6 Å². The molecule has 0 bridgehead atoms. The summed E-state index contributed by atoms with van der Waals surface area (Å²) in [5, 5.41) is 0.762. The standard InChI is InChI=1S/C19H23F4N3O/c1-11(2)13-5-4-6-15(20)14(13)10-26(12-7-8-12)18(27)19(17(22)23)9-16(21)25(3)24-19/h4-6,9,11-12,17,24H,7-8,10H2,1-3H3. The highest BCUT2D eigenvalue weighted by Crippen LogP contribution is 2.36. The first-order chi connectivity index (χ1) is 12.7. The monoisotopic (exact) mass is 385 g/mol. The van der Waals surface area contributed by atoms with E-state index < -0.39 is 29.6 Å². The first kappa shape index (κ1) is 19.7. The van der Waals surface area contributed by atoms with Gasteiger partial charge < -0.3 is 4.90 Å². The summed E-state index contributed by atoms with van der Waals surface area (Å²) in [6.07, 6.45) is -1.25. The van der Waals surface area contributed by atoms with E-state index in [0.29, 0.717) is 24.5 Å². The number of benzene rings is 1. The minimum atomic E-state index is -3.16. The number of hydrazine groups is 1. The van der Waals surface area contributed by atoms with E-state index in [1.807, 2.05) is 13.8 Å². The van der Waals surface area contributed by atoms with Crippen LogP contribution in [0.3, 0.4) is 0 Å². The molecule has 0 radical (unpaired) electrons. The number of nitrogens with one attached hydrogen (secondary N) is 1. The van der Waals surface area contributed by atoms with Gasteiger partial charge in [0.05, 0.1) is 0 Å². The van der Waals surface area contributed by atoms with Crippen molar-refractivity contribution in [2.75, 3.05) is 7.05 Å². The fourth-order valence-corrected chi connectivity index (χ4v) is 3.41. The number of carbonyl (C=O) groups excluding carboxylic acids is 1. The third-order valence-electron chi connectivity index (χ3n) is 5.07. The van der Waals surface area contributed by atoms with Crippen LogP contribution in [-0.2, 0) is 11.3 Å². The maximum Gasteiger partial charge on any atom is 0.270 e. The van der Waals surface area contributed by atoms with Crippen LogP contribution in [0.15, 0.2) is 30.2 Å². The number of alkyl halides is 2. The highest BCUT2D eigenvalue weighted by molar-refractivity contribution is 5.90. The number of carbonyl (C=O) groups is 1. The van der Waals surface area contributed by atoms with Crippen LogP contribution in [-0.4, -0.2) is 40.9 Å². The van der Waals surface area contributed by atoms with Gasteiger partial charge >= 0.3 is 0 Å². The van der Waals surface area contributed by atoms with Crippen molar-refractivity contribution in [1.29, 1.82) is 0 Å². The lowest BCUT2D eigenvalue weighted by Gasteiger charge is -2.34. The Kier molecular flexibility index (Phi) is 5.20. The zero-order valence-electron chi connectivity index (χ0n) is 15.5. The van der Waals surface area contributed by atoms with E-state index in [2.05, 4.69) is 5.43 Å². The van der Waals surface area contributed by atoms with Gasteiger partial charge in [0.2, 0.25) is 5.95 Å². The molecule has 3 rings (SSSR count). The molecule has 1 unspecified atom stereocenters. The second-order valence-electron chi connectivity index (χ2n) is 7.43. The number of hydrogen-bond donors (Lipinski definition) is 1. The van der Waals surface area contributed by atoms with Gasteiger partial charge in [0.1, 0.15) is 5.82 Å². The van der Waals surface area contributed by atoms with E-state index in [4.69, 9.17) is 0 Å². The number of nitrogens with zero attached hydrogens (tertiary/aromatic N) is 2. The zero-order valence-corrected chi connectivity index (χ0v) is 15.5. The topological polar surface area (TPSA) is 35.6 Å². The summed E-state index contributed by atoms with van der Waals surface area (Å²) in [7, 11) is 1.22. The molecule has 0 spiro atoms. The summed E-state index contributed by atoms with van der Waals surface area (Å²) >= 11 is 0. The van der Waals surface area contributed by atoms with Crippen LogP contribution in [0.2, 0.25) is 0 Å². The Bertz CT molecular complexity index is 763. The molecule has 1 aliphatic heterocycles. The Balaban J connectivity index is 1.97. The van der Waals surface area contributed by atoms with Crippen LogP contribution < -0.4 is 5.43 Å². The first-order valence-corrected chi connectivity index (χ1v) is 8.93. The van der Waals surface area contributed by atoms with E-state index in [0.717, 1.165) is 10.6 Å². The lowest BCUT2D eigenvalue weighted by Crippen LogP contribution is -2.61. The summed E-state index contributed by atoms with van der Waals surface area (Å²) in [5.74, 6) is -2.38. The van der Waals surface area contributed by atoms with Gasteiger partial charge in [-0.3, -0.25) is 9.80 Å². The van der Waals surface area contributed by atoms with Gasteiger partial charge in [-0.15, -0.1) is 0 Å². The highest BCUT2D eigenvalue weighted by atomic mass is 19.3. The fourth-order valence-electron chi connectivity index (χ4n) is 3.41. The molecule has 27 heavy (non-hydrogen) atoms. The zero-order chi connectivity index (χ0) is 19.9. The Morgan fingerprint density at radius 1 is 1.33 bits per heavy atom. The molecule has 1 amide bonds. The average molecular weight is 385 g/mol. The van der Waals surface area contributed by atoms with Gasteiger partial charge in [0, 0.05) is 31.3 Å². The van der Waals surface area contributed by atoms with Crippen LogP contribution in [0.25, 0.3) is 0 Å². The Hall–Kier alpha value is -2.09. The van der Waals surface area contributed by atoms with Crippen molar-refractivity contribution >= 4 is 5.91 Å². The maximum absolute atomic E-state index is 14.5. The molecule has 1 aliphatic carbocycles. The van der Waals surface area contributed by atoms with Crippen molar-refractivity contribution in [3.8, 4) is 0 Å². The minimum Gasteiger partial charge on any atom is -0.333 e. The molecule has 8 heteroatoms. The molecule has 0 saturated heterocycles. The molecular formula is C19H23F4N3O. The predicted octanol–water partition coefficient (Wildman–Crippen LogP) is 3.70. The molecule has 2 aliphatic rings. The van der Waals surface area contributed by atoms with E-state index in [1.54, 1.807) is 12.1 Å². The number of halogens is 4. The molecule has 1 saturated carbocycles. The van der Waals surface area contributed by atoms with Gasteiger partial charge in [-0.2, -0.15) is 4.39 Å². The Morgan fingerprint density at radius 2 is 2.00 bits per heavy atom. The summed E-state index contributed by atoms with van der Waals surface area (Å²) in [4.78, 5) is 14.4. The lowest BCUT2D eigenvalue weighted by atomic mass is 9.95. The third-order valence-corrected chi connectivity index (χ3v) is 5.07. The molecule has 148 valence electrons. The Labute approximate surface area is 155 Å². The van der Waals surface area contributed by atoms with Crippen molar-refractivity contribution in [1.82, 2.24) is 15.3 Å². The molecule has 1 aromatic carbocycles. The number of amides is 1. The molecule has 1 fully saturated rings. The molecule has 1 atom stereocenters. The van der Waals surface area contributed by atoms with Crippen molar-refractivity contribution in [2.45, 2.75) is 57.2 Å². The molecule has 1 heterocycles. The third kappa shape index (κ3) is 3.54.